The fraction of sp³-hybridized carbons (Fsp3) is 0.259. The Labute approximate surface area is 202 Å². The van der Waals surface area contributed by atoms with Crippen LogP contribution < -0.4 is 4.90 Å². The molecular weight excluding hydrogens is 447 g/mol. The lowest BCUT2D eigenvalue weighted by atomic mass is 9.90. The molecule has 3 heterocycles. The minimum absolute atomic E-state index is 0.111. The van der Waals surface area contributed by atoms with Gasteiger partial charge in [0.05, 0.1) is 11.4 Å². The number of rotatable bonds is 5. The summed E-state index contributed by atoms with van der Waals surface area (Å²) in [6, 6.07) is 17.6. The smallest absolute Gasteiger partial charge is 0.414 e. The molecule has 8 heteroatoms. The number of carbonyl (C=O) groups is 2. The molecule has 35 heavy (non-hydrogen) atoms. The van der Waals surface area contributed by atoms with Crippen LogP contribution in [-0.2, 0) is 23.2 Å². The summed E-state index contributed by atoms with van der Waals surface area (Å²) in [6.07, 6.45) is -0.0277. The first-order valence-corrected chi connectivity index (χ1v) is 11.4. The third kappa shape index (κ3) is 4.27. The zero-order valence-corrected chi connectivity index (χ0v) is 19.8. The SMILES string of the molecule is CC(=O)c1nc2c(Cc3ccc(F)cc3)cc3c(n2n1)C(C)(C)CN3C(=O)OCc1ccccc1. The zero-order valence-electron chi connectivity index (χ0n) is 19.8. The summed E-state index contributed by atoms with van der Waals surface area (Å²) in [5.41, 5.74) is 4.07. The predicted molar refractivity (Wildman–Crippen MR) is 129 cm³/mol. The summed E-state index contributed by atoms with van der Waals surface area (Å²) < 4.78 is 20.8. The van der Waals surface area contributed by atoms with E-state index in [4.69, 9.17) is 4.74 Å². The van der Waals surface area contributed by atoms with Gasteiger partial charge in [0, 0.05) is 30.9 Å². The molecular formula is C27H25FN4O3. The number of ether oxygens (including phenoxy) is 1. The summed E-state index contributed by atoms with van der Waals surface area (Å²) in [6.45, 7) is 6.01. The molecule has 1 aliphatic heterocycles. The Morgan fingerprint density at radius 2 is 1.77 bits per heavy atom. The Balaban J connectivity index is 1.58. The van der Waals surface area contributed by atoms with Gasteiger partial charge in [-0.3, -0.25) is 9.69 Å². The number of hydrogen-bond donors (Lipinski definition) is 0. The van der Waals surface area contributed by atoms with E-state index in [0.717, 1.165) is 22.4 Å². The summed E-state index contributed by atoms with van der Waals surface area (Å²) in [5, 5.41) is 4.50. The second kappa shape index (κ2) is 8.61. The quantitative estimate of drug-likeness (QED) is 0.378. The van der Waals surface area contributed by atoms with E-state index >= 15 is 0 Å². The van der Waals surface area contributed by atoms with E-state index in [1.165, 1.54) is 19.1 Å². The van der Waals surface area contributed by atoms with Gasteiger partial charge < -0.3 is 4.74 Å². The number of aromatic nitrogens is 3. The number of amides is 1. The molecule has 0 unspecified atom stereocenters. The third-order valence-electron chi connectivity index (χ3n) is 6.19. The highest BCUT2D eigenvalue weighted by Gasteiger charge is 2.42. The molecule has 5 rings (SSSR count). The Morgan fingerprint density at radius 1 is 1.06 bits per heavy atom. The molecule has 1 aliphatic rings. The monoisotopic (exact) mass is 472 g/mol. The number of pyridine rings is 1. The van der Waals surface area contributed by atoms with E-state index < -0.39 is 11.5 Å². The minimum atomic E-state index is -0.463. The fourth-order valence-corrected chi connectivity index (χ4v) is 4.54. The Hall–Kier alpha value is -4.07. The van der Waals surface area contributed by atoms with E-state index in [2.05, 4.69) is 10.1 Å². The number of benzene rings is 2. The molecule has 178 valence electrons. The highest BCUT2D eigenvalue weighted by atomic mass is 19.1. The van der Waals surface area contributed by atoms with Gasteiger partial charge in [0.1, 0.15) is 12.4 Å². The molecule has 0 spiro atoms. The second-order valence-corrected chi connectivity index (χ2v) is 9.44. The van der Waals surface area contributed by atoms with Crippen molar-refractivity contribution in [3.05, 3.63) is 94.7 Å². The molecule has 0 radical (unpaired) electrons. The van der Waals surface area contributed by atoms with Crippen molar-refractivity contribution in [2.45, 2.75) is 39.2 Å². The zero-order chi connectivity index (χ0) is 24.7. The van der Waals surface area contributed by atoms with E-state index in [9.17, 15) is 14.0 Å². The van der Waals surface area contributed by atoms with Crippen LogP contribution in [0.25, 0.3) is 5.65 Å². The highest BCUT2D eigenvalue weighted by molar-refractivity contribution is 5.93. The lowest BCUT2D eigenvalue weighted by Gasteiger charge is -2.20. The molecule has 2 aromatic carbocycles. The van der Waals surface area contributed by atoms with Crippen LogP contribution in [-0.4, -0.2) is 33.0 Å². The average molecular weight is 473 g/mol. The van der Waals surface area contributed by atoms with Crippen molar-refractivity contribution in [1.82, 2.24) is 14.6 Å². The fourth-order valence-electron chi connectivity index (χ4n) is 4.54. The normalized spacial score (nSPS) is 14.2. The van der Waals surface area contributed by atoms with Gasteiger partial charge in [-0.05, 0) is 29.3 Å². The molecule has 0 aliphatic carbocycles. The molecule has 0 saturated heterocycles. The Kier molecular flexibility index (Phi) is 5.59. The number of carbonyl (C=O) groups excluding carboxylic acids is 2. The van der Waals surface area contributed by atoms with Crippen LogP contribution in [0.2, 0.25) is 0 Å². The molecule has 2 aromatic heterocycles. The van der Waals surface area contributed by atoms with Crippen molar-refractivity contribution < 1.29 is 18.7 Å². The van der Waals surface area contributed by atoms with Crippen LogP contribution in [0.15, 0.2) is 60.7 Å². The number of nitrogens with zero attached hydrogens (tertiary/aromatic N) is 4. The van der Waals surface area contributed by atoms with Crippen molar-refractivity contribution >= 4 is 23.2 Å². The van der Waals surface area contributed by atoms with Crippen LogP contribution in [0.5, 0.6) is 0 Å². The third-order valence-corrected chi connectivity index (χ3v) is 6.19. The van der Waals surface area contributed by atoms with Crippen LogP contribution in [0.3, 0.4) is 0 Å². The van der Waals surface area contributed by atoms with Gasteiger partial charge in [-0.15, -0.1) is 5.10 Å². The van der Waals surface area contributed by atoms with Crippen LogP contribution in [0.4, 0.5) is 14.9 Å². The predicted octanol–water partition coefficient (Wildman–Crippen LogP) is 5.10. The standard InChI is InChI=1S/C27H25FN4O3/c1-17(33)24-29-25-20(13-18-9-11-21(28)12-10-18)14-22-23(32(25)30-24)27(2,3)16-31(22)26(34)35-15-19-7-5-4-6-8-19/h4-12,14H,13,15-16H2,1-3H3. The first-order valence-electron chi connectivity index (χ1n) is 11.4. The van der Waals surface area contributed by atoms with E-state index in [-0.39, 0.29) is 24.0 Å². The van der Waals surface area contributed by atoms with Gasteiger partial charge in [0.25, 0.3) is 0 Å². The summed E-state index contributed by atoms with van der Waals surface area (Å²) in [7, 11) is 0. The molecule has 0 bridgehead atoms. The van der Waals surface area contributed by atoms with Crippen LogP contribution in [0, 0.1) is 5.82 Å². The number of anilines is 1. The molecule has 0 atom stereocenters. The van der Waals surface area contributed by atoms with Gasteiger partial charge in [0.2, 0.25) is 5.82 Å². The van der Waals surface area contributed by atoms with Crippen LogP contribution in [0.1, 0.15) is 53.8 Å². The Bertz CT molecular complexity index is 1430. The van der Waals surface area contributed by atoms with Crippen LogP contribution >= 0.6 is 0 Å². The molecule has 0 N–H and O–H groups in total. The maximum atomic E-state index is 13.4. The van der Waals surface area contributed by atoms with Crippen molar-refractivity contribution in [3.63, 3.8) is 0 Å². The maximum absolute atomic E-state index is 13.4. The van der Waals surface area contributed by atoms with Crippen molar-refractivity contribution in [2.24, 2.45) is 0 Å². The summed E-state index contributed by atoms with van der Waals surface area (Å²) >= 11 is 0. The van der Waals surface area contributed by atoms with E-state index in [0.29, 0.717) is 24.3 Å². The highest BCUT2D eigenvalue weighted by Crippen LogP contribution is 2.42. The maximum Gasteiger partial charge on any atom is 0.414 e. The summed E-state index contributed by atoms with van der Waals surface area (Å²) in [4.78, 5) is 31.4. The van der Waals surface area contributed by atoms with Gasteiger partial charge in [-0.1, -0.05) is 56.3 Å². The lowest BCUT2D eigenvalue weighted by molar-refractivity contribution is 0.100. The van der Waals surface area contributed by atoms with Gasteiger partial charge >= 0.3 is 6.09 Å². The molecule has 7 nitrogen and oxygen atoms in total. The molecule has 1 amide bonds. The number of Topliss-reactive ketones (excluding diaryl/α,β-unsaturated/α-hetero) is 1. The van der Waals surface area contributed by atoms with Gasteiger partial charge in [0.15, 0.2) is 11.4 Å². The topological polar surface area (TPSA) is 76.8 Å². The molecule has 4 aromatic rings. The number of ketones is 1. The largest absolute Gasteiger partial charge is 0.444 e. The Morgan fingerprint density at radius 3 is 2.46 bits per heavy atom. The van der Waals surface area contributed by atoms with E-state index in [1.54, 1.807) is 21.5 Å². The van der Waals surface area contributed by atoms with Crippen molar-refractivity contribution in [3.8, 4) is 0 Å². The number of fused-ring (bicyclic) bond motifs is 3. The van der Waals surface area contributed by atoms with E-state index in [1.807, 2.05) is 50.2 Å². The molecule has 0 fully saturated rings. The van der Waals surface area contributed by atoms with Gasteiger partial charge in [-0.2, -0.15) is 0 Å². The van der Waals surface area contributed by atoms with Gasteiger partial charge in [-0.25, -0.2) is 18.7 Å². The molecule has 0 saturated carbocycles. The van der Waals surface area contributed by atoms with Crippen molar-refractivity contribution in [1.29, 1.82) is 0 Å². The lowest BCUT2D eigenvalue weighted by Crippen LogP contribution is -2.34. The average Bonchev–Trinajstić information content (AvgIpc) is 3.39. The first-order chi connectivity index (χ1) is 16.7. The number of hydrogen-bond acceptors (Lipinski definition) is 5. The van der Waals surface area contributed by atoms with Crippen molar-refractivity contribution in [2.75, 3.05) is 11.4 Å². The second-order valence-electron chi connectivity index (χ2n) is 9.44. The first kappa shape index (κ1) is 22.7. The minimum Gasteiger partial charge on any atom is -0.444 e. The number of halogens is 1. The summed E-state index contributed by atoms with van der Waals surface area (Å²) in [5.74, 6) is -0.451.